The molecule has 0 aliphatic carbocycles. The second-order valence-electron chi connectivity index (χ2n) is 22.7. The molecule has 0 saturated heterocycles. The summed E-state index contributed by atoms with van der Waals surface area (Å²) in [7, 11) is 0. The molecule has 1 atom stereocenters. The molecule has 6 heteroatoms. The first-order chi connectivity index (χ1) is 40.5. The third-order valence-corrected chi connectivity index (χ3v) is 14.7. The molecular weight excluding hydrogens is 1010 g/mol. The van der Waals surface area contributed by atoms with Gasteiger partial charge in [0.1, 0.15) is 13.2 Å². The summed E-state index contributed by atoms with van der Waals surface area (Å²) in [6, 6.07) is 0. The van der Waals surface area contributed by atoms with E-state index in [4.69, 9.17) is 14.2 Å². The average Bonchev–Trinajstić information content (AvgIpc) is 3.48. The van der Waals surface area contributed by atoms with E-state index in [9.17, 15) is 14.4 Å². The van der Waals surface area contributed by atoms with Gasteiger partial charge in [0.2, 0.25) is 0 Å². The quantitative estimate of drug-likeness (QED) is 0.0261. The van der Waals surface area contributed by atoms with E-state index < -0.39 is 6.10 Å². The van der Waals surface area contributed by atoms with Crippen molar-refractivity contribution in [1.82, 2.24) is 0 Å². The minimum Gasteiger partial charge on any atom is -0.462 e. The molecule has 0 amide bonds. The molecule has 0 bridgehead atoms. The molecule has 0 fully saturated rings. The summed E-state index contributed by atoms with van der Waals surface area (Å²) in [4.78, 5) is 38.3. The maximum absolute atomic E-state index is 12.9. The highest BCUT2D eigenvalue weighted by Crippen LogP contribution is 2.16. The molecule has 0 aliphatic rings. The second kappa shape index (κ2) is 69.3. The fraction of sp³-hybridized carbons (Fsp3) is 0.697. The standard InChI is InChI=1S/C76H128O6/c1-4-7-10-13-16-19-22-24-26-28-30-32-34-36-37-38-39-41-42-44-46-48-50-52-54-57-60-63-66-69-75(78)81-72-73(71-80-74(77)68-65-62-59-56-21-18-15-12-9-6-3)82-76(79)70-67-64-61-58-55-53-51-49-47-45-43-40-35-33-31-29-27-25-23-20-17-14-11-8-5-2/h7,10,12,15-16,19,23-26,29-32,35-37,39-41,73H,4-6,8-9,11,13-14,17-18,20-22,27-28,33-34,38,42-72H2,1-3H3/b10-7-,15-12-,19-16-,25-23-,26-24-,31-29-,32-30-,37-36-,40-35-,41-39-. The summed E-state index contributed by atoms with van der Waals surface area (Å²) in [6.07, 6.45) is 96.5. The number of esters is 3. The highest BCUT2D eigenvalue weighted by atomic mass is 16.6. The summed E-state index contributed by atoms with van der Waals surface area (Å²) in [5, 5.41) is 0. The van der Waals surface area contributed by atoms with E-state index in [-0.39, 0.29) is 31.1 Å². The van der Waals surface area contributed by atoms with E-state index in [0.29, 0.717) is 19.3 Å². The monoisotopic (exact) mass is 1140 g/mol. The zero-order valence-corrected chi connectivity index (χ0v) is 53.7. The second-order valence-corrected chi connectivity index (χ2v) is 22.7. The smallest absolute Gasteiger partial charge is 0.306 e. The van der Waals surface area contributed by atoms with Crippen molar-refractivity contribution in [2.75, 3.05) is 13.2 Å². The predicted octanol–water partition coefficient (Wildman–Crippen LogP) is 23.9. The van der Waals surface area contributed by atoms with E-state index in [1.54, 1.807) is 0 Å². The predicted molar refractivity (Wildman–Crippen MR) is 357 cm³/mol. The molecule has 0 saturated carbocycles. The zero-order chi connectivity index (χ0) is 59.2. The SMILES string of the molecule is CC/C=C\C/C=C\C/C=C\C/C=C\C/C=C\C/C=C\CCCCCCCCCCCCC(=O)OCC(COC(=O)CCCCCCC/C=C\CCC)OC(=O)CCCCCCCCCCCC/C=C\C/C=C\C/C=C\CCCCCCC. The maximum Gasteiger partial charge on any atom is 0.306 e. The maximum atomic E-state index is 12.9. The summed E-state index contributed by atoms with van der Waals surface area (Å²) in [5.41, 5.74) is 0. The molecule has 1 unspecified atom stereocenters. The Bertz CT molecular complexity index is 1690. The first kappa shape index (κ1) is 77.8. The van der Waals surface area contributed by atoms with Crippen molar-refractivity contribution >= 4 is 17.9 Å². The van der Waals surface area contributed by atoms with Crippen molar-refractivity contribution in [2.24, 2.45) is 0 Å². The van der Waals surface area contributed by atoms with Gasteiger partial charge in [-0.3, -0.25) is 14.4 Å². The molecule has 0 aliphatic heterocycles. The van der Waals surface area contributed by atoms with Gasteiger partial charge in [0, 0.05) is 19.3 Å². The molecule has 0 N–H and O–H groups in total. The minimum atomic E-state index is -0.789. The van der Waals surface area contributed by atoms with Gasteiger partial charge in [-0.1, -0.05) is 296 Å². The van der Waals surface area contributed by atoms with Crippen LogP contribution in [0.1, 0.15) is 323 Å². The Morgan fingerprint density at radius 3 is 0.805 bits per heavy atom. The van der Waals surface area contributed by atoms with Crippen LogP contribution in [0.4, 0.5) is 0 Å². The highest BCUT2D eigenvalue weighted by molar-refractivity contribution is 5.71. The van der Waals surface area contributed by atoms with Gasteiger partial charge < -0.3 is 14.2 Å². The van der Waals surface area contributed by atoms with Crippen molar-refractivity contribution in [3.63, 3.8) is 0 Å². The first-order valence-corrected chi connectivity index (χ1v) is 34.5. The van der Waals surface area contributed by atoms with E-state index in [2.05, 4.69) is 142 Å². The molecule has 0 aromatic rings. The summed E-state index contributed by atoms with van der Waals surface area (Å²) < 4.78 is 16.9. The van der Waals surface area contributed by atoms with E-state index >= 15 is 0 Å². The van der Waals surface area contributed by atoms with Gasteiger partial charge in [-0.05, 0) is 128 Å². The summed E-state index contributed by atoms with van der Waals surface area (Å²) in [6.45, 7) is 6.46. The topological polar surface area (TPSA) is 78.9 Å². The van der Waals surface area contributed by atoms with Crippen molar-refractivity contribution in [3.05, 3.63) is 122 Å². The van der Waals surface area contributed by atoms with Gasteiger partial charge in [0.15, 0.2) is 6.10 Å². The first-order valence-electron chi connectivity index (χ1n) is 34.5. The van der Waals surface area contributed by atoms with Gasteiger partial charge in [-0.2, -0.15) is 0 Å². The lowest BCUT2D eigenvalue weighted by molar-refractivity contribution is -0.167. The summed E-state index contributed by atoms with van der Waals surface area (Å²) in [5.74, 6) is -0.897. The Hall–Kier alpha value is -4.19. The molecule has 0 heterocycles. The van der Waals surface area contributed by atoms with Crippen LogP contribution in [0.2, 0.25) is 0 Å². The Balaban J connectivity index is 4.24. The third kappa shape index (κ3) is 66.6. The zero-order valence-electron chi connectivity index (χ0n) is 53.7. The Morgan fingerprint density at radius 1 is 0.256 bits per heavy atom. The molecular formula is C76H128O6. The molecule has 0 rings (SSSR count). The van der Waals surface area contributed by atoms with Crippen LogP contribution in [0.25, 0.3) is 0 Å². The average molecular weight is 1140 g/mol. The van der Waals surface area contributed by atoms with Crippen LogP contribution in [0.15, 0.2) is 122 Å². The summed E-state index contributed by atoms with van der Waals surface area (Å²) >= 11 is 0. The fourth-order valence-electron chi connectivity index (χ4n) is 9.52. The van der Waals surface area contributed by atoms with Crippen LogP contribution in [-0.2, 0) is 28.6 Å². The molecule has 0 spiro atoms. The lowest BCUT2D eigenvalue weighted by Gasteiger charge is -2.18. The Kier molecular flexibility index (Phi) is 65.8. The van der Waals surface area contributed by atoms with Crippen molar-refractivity contribution in [3.8, 4) is 0 Å². The van der Waals surface area contributed by atoms with Crippen LogP contribution in [-0.4, -0.2) is 37.2 Å². The van der Waals surface area contributed by atoms with Gasteiger partial charge in [0.05, 0.1) is 0 Å². The molecule has 6 nitrogen and oxygen atoms in total. The van der Waals surface area contributed by atoms with Gasteiger partial charge in [0.25, 0.3) is 0 Å². The number of ether oxygens (including phenoxy) is 3. The van der Waals surface area contributed by atoms with Crippen molar-refractivity contribution in [2.45, 2.75) is 329 Å². The number of unbranched alkanes of at least 4 members (excludes halogenated alkanes) is 31. The van der Waals surface area contributed by atoms with E-state index in [1.807, 2.05) is 0 Å². The lowest BCUT2D eigenvalue weighted by Crippen LogP contribution is -2.30. The van der Waals surface area contributed by atoms with Crippen LogP contribution >= 0.6 is 0 Å². The molecule has 468 valence electrons. The van der Waals surface area contributed by atoms with Crippen LogP contribution in [0.3, 0.4) is 0 Å². The third-order valence-electron chi connectivity index (χ3n) is 14.7. The van der Waals surface area contributed by atoms with Crippen molar-refractivity contribution < 1.29 is 28.6 Å². The van der Waals surface area contributed by atoms with Gasteiger partial charge in [-0.25, -0.2) is 0 Å². The van der Waals surface area contributed by atoms with Gasteiger partial charge >= 0.3 is 17.9 Å². The number of rotatable bonds is 62. The molecule has 0 aromatic heterocycles. The number of hydrogen-bond donors (Lipinski definition) is 0. The largest absolute Gasteiger partial charge is 0.462 e. The highest BCUT2D eigenvalue weighted by Gasteiger charge is 2.19. The van der Waals surface area contributed by atoms with E-state index in [1.165, 1.54) is 154 Å². The van der Waals surface area contributed by atoms with Crippen LogP contribution in [0.5, 0.6) is 0 Å². The lowest BCUT2D eigenvalue weighted by atomic mass is 10.0. The number of allylic oxidation sites excluding steroid dienone is 20. The van der Waals surface area contributed by atoms with Crippen molar-refractivity contribution in [1.29, 1.82) is 0 Å². The Labute approximate surface area is 507 Å². The van der Waals surface area contributed by atoms with Gasteiger partial charge in [-0.15, -0.1) is 0 Å². The van der Waals surface area contributed by atoms with E-state index in [0.717, 1.165) is 128 Å². The molecule has 82 heavy (non-hydrogen) atoms. The van der Waals surface area contributed by atoms with Crippen LogP contribution in [0, 0.1) is 0 Å². The number of carbonyl (C=O) groups excluding carboxylic acids is 3. The molecule has 0 aromatic carbocycles. The minimum absolute atomic E-state index is 0.0854. The number of hydrogen-bond acceptors (Lipinski definition) is 6. The number of carbonyl (C=O) groups is 3. The fourth-order valence-corrected chi connectivity index (χ4v) is 9.52. The van der Waals surface area contributed by atoms with Crippen LogP contribution < -0.4 is 0 Å². The molecule has 0 radical (unpaired) electrons. The normalized spacial score (nSPS) is 12.9. The Morgan fingerprint density at radius 2 is 0.500 bits per heavy atom.